The van der Waals surface area contributed by atoms with Crippen molar-refractivity contribution in [3.05, 3.63) is 53.9 Å². The van der Waals surface area contributed by atoms with E-state index >= 15 is 0 Å². The third kappa shape index (κ3) is 3.14. The lowest BCUT2D eigenvalue weighted by atomic mass is 10.0. The van der Waals surface area contributed by atoms with Crippen LogP contribution >= 0.6 is 0 Å². The number of benzene rings is 1. The van der Waals surface area contributed by atoms with Crippen molar-refractivity contribution in [3.8, 4) is 11.1 Å². The van der Waals surface area contributed by atoms with Crippen LogP contribution in [-0.2, 0) is 6.54 Å². The number of aromatic nitrogens is 1. The molecular weight excluding hydrogens is 208 g/mol. The highest BCUT2D eigenvalue weighted by Gasteiger charge is 2.01. The first-order valence-electron chi connectivity index (χ1n) is 5.81. The van der Waals surface area contributed by atoms with Crippen LogP contribution in [0.4, 0.5) is 0 Å². The fourth-order valence-corrected chi connectivity index (χ4v) is 1.93. The van der Waals surface area contributed by atoms with Gasteiger partial charge in [0, 0.05) is 24.5 Å². The summed E-state index contributed by atoms with van der Waals surface area (Å²) >= 11 is 0. The SMILES string of the molecule is Cc1cncc(-c2cccc(CN(C)C)c2)c1. The monoisotopic (exact) mass is 226 g/mol. The van der Waals surface area contributed by atoms with Gasteiger partial charge in [0.15, 0.2) is 0 Å². The molecule has 1 aromatic carbocycles. The maximum Gasteiger partial charge on any atom is 0.0346 e. The highest BCUT2D eigenvalue weighted by atomic mass is 15.0. The molecular formula is C15H18N2. The summed E-state index contributed by atoms with van der Waals surface area (Å²) in [5, 5.41) is 0. The summed E-state index contributed by atoms with van der Waals surface area (Å²) in [5.41, 5.74) is 4.95. The van der Waals surface area contributed by atoms with Crippen molar-refractivity contribution in [2.24, 2.45) is 0 Å². The normalized spacial score (nSPS) is 10.8. The van der Waals surface area contributed by atoms with Crippen LogP contribution in [0.2, 0.25) is 0 Å². The Hall–Kier alpha value is -1.67. The number of hydrogen-bond donors (Lipinski definition) is 0. The summed E-state index contributed by atoms with van der Waals surface area (Å²) in [5.74, 6) is 0. The highest BCUT2D eigenvalue weighted by molar-refractivity contribution is 5.63. The summed E-state index contributed by atoms with van der Waals surface area (Å²) in [7, 11) is 4.17. The van der Waals surface area contributed by atoms with Crippen molar-refractivity contribution < 1.29 is 0 Å². The van der Waals surface area contributed by atoms with Gasteiger partial charge in [-0.15, -0.1) is 0 Å². The standard InChI is InChI=1S/C15H18N2/c1-12-7-15(10-16-9-12)14-6-4-5-13(8-14)11-17(2)3/h4-10H,11H2,1-3H3. The first-order chi connectivity index (χ1) is 8.15. The first-order valence-corrected chi connectivity index (χ1v) is 5.81. The topological polar surface area (TPSA) is 16.1 Å². The van der Waals surface area contributed by atoms with E-state index in [9.17, 15) is 0 Å². The lowest BCUT2D eigenvalue weighted by Gasteiger charge is -2.11. The Labute approximate surface area is 103 Å². The average Bonchev–Trinajstić information content (AvgIpc) is 2.28. The van der Waals surface area contributed by atoms with E-state index in [0.29, 0.717) is 0 Å². The summed E-state index contributed by atoms with van der Waals surface area (Å²) < 4.78 is 0. The zero-order valence-electron chi connectivity index (χ0n) is 10.6. The molecule has 0 N–H and O–H groups in total. The van der Waals surface area contributed by atoms with E-state index in [0.717, 1.165) is 6.54 Å². The second kappa shape index (κ2) is 5.11. The molecule has 0 saturated carbocycles. The fraction of sp³-hybridized carbons (Fsp3) is 0.267. The van der Waals surface area contributed by atoms with Crippen LogP contribution in [0.25, 0.3) is 11.1 Å². The Morgan fingerprint density at radius 1 is 1.06 bits per heavy atom. The van der Waals surface area contributed by atoms with E-state index in [1.54, 1.807) is 0 Å². The predicted molar refractivity (Wildman–Crippen MR) is 71.8 cm³/mol. The quantitative estimate of drug-likeness (QED) is 0.799. The van der Waals surface area contributed by atoms with Gasteiger partial charge >= 0.3 is 0 Å². The van der Waals surface area contributed by atoms with Crippen molar-refractivity contribution in [2.75, 3.05) is 14.1 Å². The van der Waals surface area contributed by atoms with Crippen LogP contribution in [0.5, 0.6) is 0 Å². The maximum absolute atomic E-state index is 4.24. The van der Waals surface area contributed by atoms with Crippen molar-refractivity contribution in [3.63, 3.8) is 0 Å². The minimum atomic E-state index is 0.965. The molecule has 1 heterocycles. The molecule has 0 radical (unpaired) electrons. The molecule has 88 valence electrons. The fourth-order valence-electron chi connectivity index (χ4n) is 1.93. The molecule has 1 aromatic heterocycles. The van der Waals surface area contributed by atoms with Crippen LogP contribution in [0.1, 0.15) is 11.1 Å². The van der Waals surface area contributed by atoms with Gasteiger partial charge in [0.25, 0.3) is 0 Å². The molecule has 17 heavy (non-hydrogen) atoms. The molecule has 0 aliphatic carbocycles. The molecule has 2 aromatic rings. The van der Waals surface area contributed by atoms with E-state index in [4.69, 9.17) is 0 Å². The van der Waals surface area contributed by atoms with Crippen LogP contribution in [-0.4, -0.2) is 24.0 Å². The lowest BCUT2D eigenvalue weighted by Crippen LogP contribution is -2.10. The number of pyridine rings is 1. The second-order valence-electron chi connectivity index (χ2n) is 4.69. The van der Waals surface area contributed by atoms with Crippen molar-refractivity contribution in [1.82, 2.24) is 9.88 Å². The summed E-state index contributed by atoms with van der Waals surface area (Å²) in [4.78, 5) is 6.41. The molecule has 0 aliphatic heterocycles. The van der Waals surface area contributed by atoms with Gasteiger partial charge in [-0.25, -0.2) is 0 Å². The second-order valence-corrected chi connectivity index (χ2v) is 4.69. The van der Waals surface area contributed by atoms with E-state index in [2.05, 4.69) is 61.2 Å². The maximum atomic E-state index is 4.24. The molecule has 0 bridgehead atoms. The van der Waals surface area contributed by atoms with Gasteiger partial charge in [0.05, 0.1) is 0 Å². The molecule has 0 atom stereocenters. The third-order valence-corrected chi connectivity index (χ3v) is 2.63. The minimum Gasteiger partial charge on any atom is -0.305 e. The van der Waals surface area contributed by atoms with Gasteiger partial charge in [0.2, 0.25) is 0 Å². The Kier molecular flexibility index (Phi) is 3.55. The molecule has 2 heteroatoms. The number of aryl methyl sites for hydroxylation is 1. The van der Waals surface area contributed by atoms with Gasteiger partial charge in [-0.1, -0.05) is 18.2 Å². The van der Waals surface area contributed by atoms with Crippen molar-refractivity contribution in [2.45, 2.75) is 13.5 Å². The predicted octanol–water partition coefficient (Wildman–Crippen LogP) is 3.12. The first kappa shape index (κ1) is 11.8. The summed E-state index contributed by atoms with van der Waals surface area (Å²) in [6.45, 7) is 3.03. The number of hydrogen-bond acceptors (Lipinski definition) is 2. The molecule has 2 rings (SSSR count). The summed E-state index contributed by atoms with van der Waals surface area (Å²) in [6.07, 6.45) is 3.80. The minimum absolute atomic E-state index is 0.965. The van der Waals surface area contributed by atoms with Gasteiger partial charge < -0.3 is 4.90 Å². The smallest absolute Gasteiger partial charge is 0.0346 e. The van der Waals surface area contributed by atoms with Crippen LogP contribution in [0.15, 0.2) is 42.7 Å². The van der Waals surface area contributed by atoms with E-state index in [1.807, 2.05) is 12.4 Å². The molecule has 0 unspecified atom stereocenters. The lowest BCUT2D eigenvalue weighted by molar-refractivity contribution is 0.402. The third-order valence-electron chi connectivity index (χ3n) is 2.63. The molecule has 0 spiro atoms. The molecule has 0 aliphatic rings. The van der Waals surface area contributed by atoms with E-state index < -0.39 is 0 Å². The van der Waals surface area contributed by atoms with Crippen molar-refractivity contribution >= 4 is 0 Å². The van der Waals surface area contributed by atoms with Gasteiger partial charge in [-0.2, -0.15) is 0 Å². The van der Waals surface area contributed by atoms with Crippen molar-refractivity contribution in [1.29, 1.82) is 0 Å². The van der Waals surface area contributed by atoms with E-state index in [1.165, 1.54) is 22.3 Å². The molecule has 0 saturated heterocycles. The zero-order valence-corrected chi connectivity index (χ0v) is 10.6. The van der Waals surface area contributed by atoms with Crippen LogP contribution < -0.4 is 0 Å². The van der Waals surface area contributed by atoms with Gasteiger partial charge in [-0.3, -0.25) is 4.98 Å². The molecule has 0 fully saturated rings. The average molecular weight is 226 g/mol. The van der Waals surface area contributed by atoms with Crippen LogP contribution in [0.3, 0.4) is 0 Å². The molecule has 0 amide bonds. The Morgan fingerprint density at radius 2 is 1.88 bits per heavy atom. The summed E-state index contributed by atoms with van der Waals surface area (Å²) in [6, 6.07) is 10.8. The Morgan fingerprint density at radius 3 is 2.59 bits per heavy atom. The van der Waals surface area contributed by atoms with Gasteiger partial charge in [-0.05, 0) is 49.8 Å². The van der Waals surface area contributed by atoms with Crippen LogP contribution in [0, 0.1) is 6.92 Å². The highest BCUT2D eigenvalue weighted by Crippen LogP contribution is 2.20. The largest absolute Gasteiger partial charge is 0.305 e. The number of rotatable bonds is 3. The Balaban J connectivity index is 2.33. The molecule has 2 nitrogen and oxygen atoms in total. The Bertz CT molecular complexity index is 504. The number of nitrogens with zero attached hydrogens (tertiary/aromatic N) is 2. The van der Waals surface area contributed by atoms with E-state index in [-0.39, 0.29) is 0 Å². The zero-order chi connectivity index (χ0) is 12.3. The van der Waals surface area contributed by atoms with Gasteiger partial charge in [0.1, 0.15) is 0 Å².